The normalized spacial score (nSPS) is 28.1. The van der Waals surface area contributed by atoms with E-state index in [1.54, 1.807) is 0 Å². The minimum absolute atomic E-state index is 0.104. The molecule has 1 unspecified atom stereocenters. The molecule has 3 nitrogen and oxygen atoms in total. The van der Waals surface area contributed by atoms with Crippen LogP contribution >= 0.6 is 0 Å². The monoisotopic (exact) mass is 221 g/mol. The van der Waals surface area contributed by atoms with Crippen molar-refractivity contribution >= 4 is 0 Å². The maximum atomic E-state index is 6.01. The number of nitrogens with two attached hydrogens (primary N) is 1. The first-order valence-electron chi connectivity index (χ1n) is 5.99. The van der Waals surface area contributed by atoms with Gasteiger partial charge in [-0.25, -0.2) is 0 Å². The average Bonchev–Trinajstić information content (AvgIpc) is 2.59. The third kappa shape index (κ3) is 1.41. The Kier molecular flexibility index (Phi) is 2.26. The molecule has 0 amide bonds. The molecule has 0 spiro atoms. The minimum atomic E-state index is 0.104. The fourth-order valence-corrected chi connectivity index (χ4v) is 2.85. The van der Waals surface area contributed by atoms with Gasteiger partial charge in [-0.15, -0.1) is 0 Å². The van der Waals surface area contributed by atoms with Crippen LogP contribution in [-0.2, 0) is 10.8 Å². The molecule has 0 radical (unpaired) electrons. The Hall–Kier alpha value is -0.830. The SMILES string of the molecule is CC(C)(C)c1[nH]ncc1C1(CN)CC1(C)C. The third-order valence-electron chi connectivity index (χ3n) is 4.17. The van der Waals surface area contributed by atoms with Crippen molar-refractivity contribution in [3.63, 3.8) is 0 Å². The van der Waals surface area contributed by atoms with Gasteiger partial charge in [-0.3, -0.25) is 5.10 Å². The molecule has 0 aromatic carbocycles. The zero-order valence-corrected chi connectivity index (χ0v) is 11.0. The fourth-order valence-electron chi connectivity index (χ4n) is 2.85. The summed E-state index contributed by atoms with van der Waals surface area (Å²) < 4.78 is 0. The van der Waals surface area contributed by atoms with Crippen LogP contribution in [0.25, 0.3) is 0 Å². The summed E-state index contributed by atoms with van der Waals surface area (Å²) in [6.07, 6.45) is 3.14. The van der Waals surface area contributed by atoms with Crippen LogP contribution in [0.3, 0.4) is 0 Å². The standard InChI is InChI=1S/C13H23N3/c1-11(2,3)10-9(6-15-16-10)13(8-14)7-12(13,4)5/h6H,7-8,14H2,1-5H3,(H,15,16). The number of aromatic nitrogens is 2. The van der Waals surface area contributed by atoms with E-state index in [4.69, 9.17) is 5.73 Å². The predicted molar refractivity (Wildman–Crippen MR) is 66.4 cm³/mol. The molecule has 16 heavy (non-hydrogen) atoms. The lowest BCUT2D eigenvalue weighted by Gasteiger charge is -2.24. The van der Waals surface area contributed by atoms with Crippen molar-refractivity contribution in [2.75, 3.05) is 6.54 Å². The molecule has 1 saturated carbocycles. The summed E-state index contributed by atoms with van der Waals surface area (Å²) >= 11 is 0. The summed E-state index contributed by atoms with van der Waals surface area (Å²) in [7, 11) is 0. The Balaban J connectivity index is 2.47. The molecule has 1 aliphatic carbocycles. The maximum Gasteiger partial charge on any atom is 0.0528 e. The Labute approximate surface area is 97.8 Å². The molecule has 1 heterocycles. The number of H-pyrrole nitrogens is 1. The Bertz CT molecular complexity index is 398. The number of hydrogen-bond donors (Lipinski definition) is 2. The van der Waals surface area contributed by atoms with E-state index in [-0.39, 0.29) is 10.8 Å². The van der Waals surface area contributed by atoms with E-state index in [0.717, 1.165) is 0 Å². The number of nitrogens with zero attached hydrogens (tertiary/aromatic N) is 1. The van der Waals surface area contributed by atoms with E-state index >= 15 is 0 Å². The molecule has 0 saturated heterocycles. The van der Waals surface area contributed by atoms with Crippen LogP contribution in [0.2, 0.25) is 0 Å². The van der Waals surface area contributed by atoms with Gasteiger partial charge < -0.3 is 5.73 Å². The molecular formula is C13H23N3. The first-order chi connectivity index (χ1) is 7.24. The summed E-state index contributed by atoms with van der Waals surface area (Å²) in [4.78, 5) is 0. The lowest BCUT2D eigenvalue weighted by atomic mass is 9.81. The van der Waals surface area contributed by atoms with E-state index in [2.05, 4.69) is 44.8 Å². The van der Waals surface area contributed by atoms with Crippen molar-refractivity contribution in [1.82, 2.24) is 10.2 Å². The highest BCUT2D eigenvalue weighted by Crippen LogP contribution is 2.64. The molecule has 1 aliphatic rings. The maximum absolute atomic E-state index is 6.01. The van der Waals surface area contributed by atoms with Crippen molar-refractivity contribution in [2.24, 2.45) is 11.1 Å². The van der Waals surface area contributed by atoms with E-state index in [0.29, 0.717) is 12.0 Å². The van der Waals surface area contributed by atoms with Gasteiger partial charge in [0.05, 0.1) is 6.20 Å². The van der Waals surface area contributed by atoms with Crippen LogP contribution in [-0.4, -0.2) is 16.7 Å². The van der Waals surface area contributed by atoms with Crippen molar-refractivity contribution in [3.8, 4) is 0 Å². The van der Waals surface area contributed by atoms with E-state index in [1.165, 1.54) is 17.7 Å². The quantitative estimate of drug-likeness (QED) is 0.805. The van der Waals surface area contributed by atoms with Crippen molar-refractivity contribution in [1.29, 1.82) is 0 Å². The largest absolute Gasteiger partial charge is 0.330 e. The van der Waals surface area contributed by atoms with Crippen molar-refractivity contribution in [2.45, 2.75) is 51.9 Å². The van der Waals surface area contributed by atoms with Gasteiger partial charge in [0.2, 0.25) is 0 Å². The van der Waals surface area contributed by atoms with Gasteiger partial charge in [0.15, 0.2) is 0 Å². The summed E-state index contributed by atoms with van der Waals surface area (Å²) in [6.45, 7) is 11.9. The first-order valence-corrected chi connectivity index (χ1v) is 5.99. The molecule has 2 rings (SSSR count). The fraction of sp³-hybridized carbons (Fsp3) is 0.769. The third-order valence-corrected chi connectivity index (χ3v) is 4.17. The minimum Gasteiger partial charge on any atom is -0.330 e. The molecule has 1 aromatic heterocycles. The lowest BCUT2D eigenvalue weighted by Crippen LogP contribution is -2.28. The number of aromatic amines is 1. The van der Waals surface area contributed by atoms with Crippen LogP contribution in [0.15, 0.2) is 6.20 Å². The van der Waals surface area contributed by atoms with Crippen LogP contribution in [0.5, 0.6) is 0 Å². The van der Waals surface area contributed by atoms with Gasteiger partial charge in [-0.1, -0.05) is 34.6 Å². The van der Waals surface area contributed by atoms with Crippen LogP contribution in [0.1, 0.15) is 52.3 Å². The van der Waals surface area contributed by atoms with Crippen LogP contribution in [0.4, 0.5) is 0 Å². The molecule has 3 heteroatoms. The predicted octanol–water partition coefficient (Wildman–Crippen LogP) is 2.33. The zero-order valence-electron chi connectivity index (χ0n) is 11.0. The summed E-state index contributed by atoms with van der Waals surface area (Å²) in [6, 6.07) is 0. The van der Waals surface area contributed by atoms with Gasteiger partial charge in [-0.05, 0) is 11.8 Å². The van der Waals surface area contributed by atoms with E-state index in [9.17, 15) is 0 Å². The lowest BCUT2D eigenvalue weighted by molar-refractivity contribution is 0.482. The average molecular weight is 221 g/mol. The van der Waals surface area contributed by atoms with E-state index in [1.807, 2.05) is 6.20 Å². The molecule has 0 bridgehead atoms. The summed E-state index contributed by atoms with van der Waals surface area (Å²) in [5.74, 6) is 0. The molecular weight excluding hydrogens is 198 g/mol. The van der Waals surface area contributed by atoms with Gasteiger partial charge in [-0.2, -0.15) is 5.10 Å². The highest BCUT2D eigenvalue weighted by Gasteiger charge is 2.62. The molecule has 0 aliphatic heterocycles. The Morgan fingerprint density at radius 3 is 2.38 bits per heavy atom. The number of nitrogens with one attached hydrogen (secondary N) is 1. The Morgan fingerprint density at radius 2 is 2.00 bits per heavy atom. The highest BCUT2D eigenvalue weighted by molar-refractivity contribution is 5.41. The molecule has 3 N–H and O–H groups in total. The van der Waals surface area contributed by atoms with E-state index < -0.39 is 0 Å². The summed E-state index contributed by atoms with van der Waals surface area (Å²) in [5.41, 5.74) is 9.13. The zero-order chi connectivity index (χ0) is 12.2. The van der Waals surface area contributed by atoms with Crippen molar-refractivity contribution in [3.05, 3.63) is 17.5 Å². The molecule has 1 fully saturated rings. The van der Waals surface area contributed by atoms with Crippen molar-refractivity contribution < 1.29 is 0 Å². The van der Waals surface area contributed by atoms with Crippen LogP contribution in [0, 0.1) is 5.41 Å². The van der Waals surface area contributed by atoms with Gasteiger partial charge in [0.25, 0.3) is 0 Å². The molecule has 90 valence electrons. The molecule has 1 atom stereocenters. The second-order valence-corrected chi connectivity index (χ2v) is 6.76. The second-order valence-electron chi connectivity index (χ2n) is 6.76. The number of rotatable bonds is 2. The Morgan fingerprint density at radius 1 is 1.44 bits per heavy atom. The molecule has 1 aromatic rings. The smallest absolute Gasteiger partial charge is 0.0528 e. The number of hydrogen-bond acceptors (Lipinski definition) is 2. The first kappa shape index (κ1) is 11.6. The van der Waals surface area contributed by atoms with Gasteiger partial charge in [0, 0.05) is 28.6 Å². The topological polar surface area (TPSA) is 54.7 Å². The van der Waals surface area contributed by atoms with Crippen LogP contribution < -0.4 is 5.73 Å². The highest BCUT2D eigenvalue weighted by atomic mass is 15.1. The van der Waals surface area contributed by atoms with Gasteiger partial charge >= 0.3 is 0 Å². The second kappa shape index (κ2) is 3.10. The summed E-state index contributed by atoms with van der Waals surface area (Å²) in [5, 5.41) is 7.39. The van der Waals surface area contributed by atoms with Gasteiger partial charge in [0.1, 0.15) is 0 Å².